The Balaban J connectivity index is 1.76. The first kappa shape index (κ1) is 14.6. The average Bonchev–Trinajstić information content (AvgIpc) is 3.20. The normalized spacial score (nSPS) is 14.2. The summed E-state index contributed by atoms with van der Waals surface area (Å²) in [6.45, 7) is 4.14. The molecule has 1 N–H and O–H groups in total. The van der Waals surface area contributed by atoms with E-state index in [-0.39, 0.29) is 6.04 Å². The maximum absolute atomic E-state index is 5.74. The number of hydrogen-bond donors (Lipinski definition) is 1. The Morgan fingerprint density at radius 3 is 2.52 bits per heavy atom. The lowest BCUT2D eigenvalue weighted by Gasteiger charge is -2.21. The number of thiophene rings is 2. The van der Waals surface area contributed by atoms with Gasteiger partial charge in [0.05, 0.1) is 6.04 Å². The molecule has 3 heterocycles. The van der Waals surface area contributed by atoms with Crippen molar-refractivity contribution in [3.05, 3.63) is 68.4 Å². The second-order valence-corrected chi connectivity index (χ2v) is 7.20. The van der Waals surface area contributed by atoms with Crippen molar-refractivity contribution >= 4 is 22.7 Å². The molecule has 0 saturated carbocycles. The Hall–Kier alpha value is -1.36. The van der Waals surface area contributed by atoms with Gasteiger partial charge in [0.2, 0.25) is 0 Å². The van der Waals surface area contributed by atoms with E-state index in [0.717, 1.165) is 17.9 Å². The number of hydrogen-bond acceptors (Lipinski definition) is 4. The van der Waals surface area contributed by atoms with Crippen molar-refractivity contribution in [2.45, 2.75) is 32.4 Å². The third-order valence-corrected chi connectivity index (χ3v) is 5.40. The van der Waals surface area contributed by atoms with Crippen molar-refractivity contribution in [3.8, 4) is 0 Å². The van der Waals surface area contributed by atoms with Crippen LogP contribution in [0.15, 0.2) is 51.6 Å². The fraction of sp³-hybridized carbons (Fsp3) is 0.294. The van der Waals surface area contributed by atoms with E-state index in [9.17, 15) is 0 Å². The van der Waals surface area contributed by atoms with Crippen LogP contribution < -0.4 is 5.32 Å². The molecule has 0 radical (unpaired) electrons. The summed E-state index contributed by atoms with van der Waals surface area (Å²) in [6, 6.07) is 13.2. The molecule has 0 spiro atoms. The van der Waals surface area contributed by atoms with Gasteiger partial charge in [-0.1, -0.05) is 12.1 Å². The highest BCUT2D eigenvalue weighted by atomic mass is 32.1. The zero-order valence-corrected chi connectivity index (χ0v) is 13.8. The number of nitrogens with one attached hydrogen (secondary N) is 1. The quantitative estimate of drug-likeness (QED) is 0.663. The fourth-order valence-electron chi connectivity index (χ4n) is 2.43. The third kappa shape index (κ3) is 3.64. The van der Waals surface area contributed by atoms with Crippen LogP contribution in [-0.2, 0) is 6.42 Å². The molecule has 3 aromatic heterocycles. The summed E-state index contributed by atoms with van der Waals surface area (Å²) in [6.07, 6.45) is 1.02. The van der Waals surface area contributed by atoms with Crippen LogP contribution in [0.2, 0.25) is 0 Å². The minimum Gasteiger partial charge on any atom is -0.465 e. The Morgan fingerprint density at radius 1 is 1.10 bits per heavy atom. The molecule has 0 fully saturated rings. The summed E-state index contributed by atoms with van der Waals surface area (Å²) in [5.41, 5.74) is 0. The highest BCUT2D eigenvalue weighted by Gasteiger charge is 2.19. The molecule has 110 valence electrons. The maximum atomic E-state index is 5.74. The maximum Gasteiger partial charge on any atom is 0.120 e. The summed E-state index contributed by atoms with van der Waals surface area (Å²) >= 11 is 3.62. The second-order valence-electron chi connectivity index (χ2n) is 5.19. The van der Waals surface area contributed by atoms with Crippen LogP contribution in [0.25, 0.3) is 0 Å². The largest absolute Gasteiger partial charge is 0.465 e. The molecule has 2 unspecified atom stereocenters. The third-order valence-electron chi connectivity index (χ3n) is 3.51. The molecular formula is C17H19NOS2. The van der Waals surface area contributed by atoms with Crippen molar-refractivity contribution in [2.24, 2.45) is 0 Å². The summed E-state index contributed by atoms with van der Waals surface area (Å²) in [7, 11) is 0. The predicted octanol–water partition coefficient (Wildman–Crippen LogP) is 5.35. The summed E-state index contributed by atoms with van der Waals surface area (Å²) in [5.74, 6) is 1.96. The molecular weight excluding hydrogens is 298 g/mol. The lowest BCUT2D eigenvalue weighted by atomic mass is 10.1. The molecule has 0 amide bonds. The summed E-state index contributed by atoms with van der Waals surface area (Å²) < 4.78 is 5.74. The lowest BCUT2D eigenvalue weighted by molar-refractivity contribution is 0.384. The van der Waals surface area contributed by atoms with E-state index < -0.39 is 0 Å². The zero-order chi connectivity index (χ0) is 14.7. The highest BCUT2D eigenvalue weighted by molar-refractivity contribution is 7.10. The Kier molecular flexibility index (Phi) is 4.58. The van der Waals surface area contributed by atoms with Gasteiger partial charge in [-0.3, -0.25) is 5.32 Å². The van der Waals surface area contributed by atoms with Gasteiger partial charge in [-0.2, -0.15) is 0 Å². The van der Waals surface area contributed by atoms with E-state index in [1.54, 1.807) is 11.3 Å². The van der Waals surface area contributed by atoms with Gasteiger partial charge in [-0.25, -0.2) is 0 Å². The SMILES string of the molecule is Cc1ccc(C(C)NC(Cc2cccs2)c2cccs2)o1. The van der Waals surface area contributed by atoms with Gasteiger partial charge in [0, 0.05) is 22.2 Å². The standard InChI is InChI=1S/C17H19NOS2/c1-12-7-8-16(19-12)13(2)18-15(17-6-4-10-21-17)11-14-5-3-9-20-14/h3-10,13,15,18H,11H2,1-2H3. The van der Waals surface area contributed by atoms with Crippen LogP contribution in [0.1, 0.15) is 40.3 Å². The fourth-order valence-corrected chi connectivity index (χ4v) is 3.97. The molecule has 4 heteroatoms. The Bertz CT molecular complexity index is 655. The molecule has 21 heavy (non-hydrogen) atoms. The van der Waals surface area contributed by atoms with Gasteiger partial charge < -0.3 is 4.42 Å². The van der Waals surface area contributed by atoms with E-state index in [4.69, 9.17) is 4.42 Å². The summed E-state index contributed by atoms with van der Waals surface area (Å²) in [4.78, 5) is 2.78. The van der Waals surface area contributed by atoms with Gasteiger partial charge in [0.25, 0.3) is 0 Å². The van der Waals surface area contributed by atoms with Crippen molar-refractivity contribution < 1.29 is 4.42 Å². The van der Waals surface area contributed by atoms with Crippen LogP contribution in [0, 0.1) is 6.92 Å². The lowest BCUT2D eigenvalue weighted by Crippen LogP contribution is -2.25. The van der Waals surface area contributed by atoms with E-state index in [0.29, 0.717) is 6.04 Å². The van der Waals surface area contributed by atoms with Gasteiger partial charge in [0.1, 0.15) is 11.5 Å². The van der Waals surface area contributed by atoms with E-state index in [1.807, 2.05) is 24.3 Å². The number of furan rings is 1. The van der Waals surface area contributed by atoms with Crippen LogP contribution in [-0.4, -0.2) is 0 Å². The molecule has 0 bridgehead atoms. The molecule has 0 aliphatic rings. The van der Waals surface area contributed by atoms with Crippen molar-refractivity contribution in [2.75, 3.05) is 0 Å². The van der Waals surface area contributed by atoms with Crippen molar-refractivity contribution in [1.29, 1.82) is 0 Å². The molecule has 0 aliphatic carbocycles. The van der Waals surface area contributed by atoms with Crippen LogP contribution in [0.3, 0.4) is 0 Å². The van der Waals surface area contributed by atoms with Gasteiger partial charge in [-0.15, -0.1) is 22.7 Å². The number of rotatable bonds is 6. The second kappa shape index (κ2) is 6.60. The number of aryl methyl sites for hydroxylation is 1. The average molecular weight is 317 g/mol. The molecule has 3 rings (SSSR count). The van der Waals surface area contributed by atoms with Crippen LogP contribution in [0.5, 0.6) is 0 Å². The van der Waals surface area contributed by atoms with Crippen molar-refractivity contribution in [1.82, 2.24) is 5.32 Å². The topological polar surface area (TPSA) is 25.2 Å². The molecule has 3 aromatic rings. The monoisotopic (exact) mass is 317 g/mol. The molecule has 2 nitrogen and oxygen atoms in total. The van der Waals surface area contributed by atoms with E-state index in [1.165, 1.54) is 9.75 Å². The first-order valence-electron chi connectivity index (χ1n) is 7.10. The molecule has 0 aromatic carbocycles. The van der Waals surface area contributed by atoms with Gasteiger partial charge >= 0.3 is 0 Å². The molecule has 2 atom stereocenters. The molecule has 0 saturated heterocycles. The first-order valence-corrected chi connectivity index (χ1v) is 8.86. The summed E-state index contributed by atoms with van der Waals surface area (Å²) in [5, 5.41) is 7.99. The van der Waals surface area contributed by atoms with Crippen LogP contribution in [0.4, 0.5) is 0 Å². The van der Waals surface area contributed by atoms with Gasteiger partial charge in [0.15, 0.2) is 0 Å². The van der Waals surface area contributed by atoms with Crippen LogP contribution >= 0.6 is 22.7 Å². The highest BCUT2D eigenvalue weighted by Crippen LogP contribution is 2.28. The minimum absolute atomic E-state index is 0.200. The van der Waals surface area contributed by atoms with E-state index >= 15 is 0 Å². The smallest absolute Gasteiger partial charge is 0.120 e. The zero-order valence-electron chi connectivity index (χ0n) is 12.2. The molecule has 0 aliphatic heterocycles. The van der Waals surface area contributed by atoms with Crippen molar-refractivity contribution in [3.63, 3.8) is 0 Å². The minimum atomic E-state index is 0.200. The Morgan fingerprint density at radius 2 is 1.90 bits per heavy atom. The predicted molar refractivity (Wildman–Crippen MR) is 90.1 cm³/mol. The Labute approximate surface area is 133 Å². The van der Waals surface area contributed by atoms with E-state index in [2.05, 4.69) is 53.3 Å². The first-order chi connectivity index (χ1) is 10.2. The van der Waals surface area contributed by atoms with Gasteiger partial charge in [-0.05, 0) is 48.9 Å².